The molecule has 250 valence electrons. The first-order valence-corrected chi connectivity index (χ1v) is 15.5. The number of nitrogens with zero attached hydrogens (tertiary/aromatic N) is 1. The zero-order chi connectivity index (χ0) is 34.6. The van der Waals surface area contributed by atoms with Gasteiger partial charge in [-0.25, -0.2) is 4.79 Å². The zero-order valence-electron chi connectivity index (χ0n) is 28.3. The number of urea groups is 1. The van der Waals surface area contributed by atoms with E-state index in [-0.39, 0.29) is 24.4 Å². The Kier molecular flexibility index (Phi) is 11.1. The molecule has 2 amide bonds. The molecule has 0 saturated heterocycles. The largest absolute Gasteiger partial charge is 0.505 e. The molecular weight excluding hydrogens is 610 g/mol. The Hall–Kier alpha value is -4.18. The van der Waals surface area contributed by atoms with E-state index in [4.69, 9.17) is 25.8 Å². The number of esters is 1. The summed E-state index contributed by atoms with van der Waals surface area (Å²) >= 11 is 6.53. The SMILES string of the molecule is Cc1cn(Cc2c(Cl)cccc2OC(C)(C)C)c(=O)c(NC(=O)N[C@@H](CC(=O)OC(C)(C)C)c2cccc(OC(C)(C)C)c2)c1O. The first-order chi connectivity index (χ1) is 21.1. The number of rotatable bonds is 9. The van der Waals surface area contributed by atoms with Crippen molar-refractivity contribution >= 4 is 29.3 Å². The van der Waals surface area contributed by atoms with Crippen LogP contribution in [-0.4, -0.2) is 38.5 Å². The molecule has 11 heteroatoms. The molecular formula is C35H46ClN3O7. The van der Waals surface area contributed by atoms with E-state index in [9.17, 15) is 19.5 Å². The van der Waals surface area contributed by atoms with Gasteiger partial charge in [-0.15, -0.1) is 0 Å². The van der Waals surface area contributed by atoms with Crippen molar-refractivity contribution in [3.05, 3.63) is 80.7 Å². The highest BCUT2D eigenvalue weighted by Gasteiger charge is 2.26. The number of hydrogen-bond acceptors (Lipinski definition) is 7. The van der Waals surface area contributed by atoms with E-state index in [1.54, 1.807) is 70.2 Å². The topological polar surface area (TPSA) is 128 Å². The second-order valence-corrected chi connectivity index (χ2v) is 14.5. The van der Waals surface area contributed by atoms with Gasteiger partial charge in [0, 0.05) is 22.3 Å². The summed E-state index contributed by atoms with van der Waals surface area (Å²) in [5.74, 6) is 0.141. The summed E-state index contributed by atoms with van der Waals surface area (Å²) < 4.78 is 18.9. The summed E-state index contributed by atoms with van der Waals surface area (Å²) in [6.07, 6.45) is 1.29. The van der Waals surface area contributed by atoms with Gasteiger partial charge in [0.2, 0.25) is 0 Å². The van der Waals surface area contributed by atoms with Gasteiger partial charge in [-0.1, -0.05) is 29.8 Å². The number of ether oxygens (including phenoxy) is 3. The molecule has 0 aliphatic heterocycles. The third-order valence-corrected chi connectivity index (χ3v) is 6.63. The molecule has 1 atom stereocenters. The second-order valence-electron chi connectivity index (χ2n) is 14.1. The summed E-state index contributed by atoms with van der Waals surface area (Å²) in [6, 6.07) is 10.6. The summed E-state index contributed by atoms with van der Waals surface area (Å²) in [6.45, 7) is 18.3. The van der Waals surface area contributed by atoms with Crippen LogP contribution in [0.1, 0.15) is 91.5 Å². The molecule has 46 heavy (non-hydrogen) atoms. The number of amides is 2. The van der Waals surface area contributed by atoms with Crippen molar-refractivity contribution in [3.8, 4) is 17.2 Å². The van der Waals surface area contributed by atoms with E-state index >= 15 is 0 Å². The van der Waals surface area contributed by atoms with Crippen LogP contribution in [0, 0.1) is 6.92 Å². The first-order valence-electron chi connectivity index (χ1n) is 15.1. The third-order valence-electron chi connectivity index (χ3n) is 6.27. The minimum absolute atomic E-state index is 0.0170. The van der Waals surface area contributed by atoms with Crippen molar-refractivity contribution in [3.63, 3.8) is 0 Å². The molecule has 3 N–H and O–H groups in total. The number of benzene rings is 2. The number of anilines is 1. The van der Waals surface area contributed by atoms with Gasteiger partial charge < -0.3 is 34.5 Å². The summed E-state index contributed by atoms with van der Waals surface area (Å²) in [7, 11) is 0. The van der Waals surface area contributed by atoms with Crippen LogP contribution in [-0.2, 0) is 16.1 Å². The lowest BCUT2D eigenvalue weighted by molar-refractivity contribution is -0.155. The van der Waals surface area contributed by atoms with Crippen LogP contribution in [0.15, 0.2) is 53.5 Å². The van der Waals surface area contributed by atoms with E-state index in [0.29, 0.717) is 33.2 Å². The molecule has 0 radical (unpaired) electrons. The molecule has 2 aromatic carbocycles. The molecule has 0 bridgehead atoms. The number of halogens is 1. The summed E-state index contributed by atoms with van der Waals surface area (Å²) in [5, 5.41) is 16.5. The van der Waals surface area contributed by atoms with Crippen LogP contribution < -0.4 is 25.7 Å². The van der Waals surface area contributed by atoms with Crippen molar-refractivity contribution < 1.29 is 28.9 Å². The lowest BCUT2D eigenvalue weighted by Crippen LogP contribution is -2.37. The predicted octanol–water partition coefficient (Wildman–Crippen LogP) is 7.51. The lowest BCUT2D eigenvalue weighted by Gasteiger charge is -2.25. The fraction of sp³-hybridized carbons (Fsp3) is 0.457. The molecule has 0 saturated carbocycles. The summed E-state index contributed by atoms with van der Waals surface area (Å²) in [5.41, 5.74) is -1.23. The van der Waals surface area contributed by atoms with Gasteiger partial charge >= 0.3 is 12.0 Å². The average molecular weight is 656 g/mol. The minimum Gasteiger partial charge on any atom is -0.505 e. The molecule has 10 nitrogen and oxygen atoms in total. The Morgan fingerprint density at radius 1 is 0.935 bits per heavy atom. The van der Waals surface area contributed by atoms with Crippen molar-refractivity contribution in [1.82, 2.24) is 9.88 Å². The molecule has 3 aromatic rings. The number of aryl methyl sites for hydroxylation is 1. The van der Waals surface area contributed by atoms with Gasteiger partial charge in [0.15, 0.2) is 5.69 Å². The van der Waals surface area contributed by atoms with Gasteiger partial charge in [-0.2, -0.15) is 0 Å². The maximum atomic E-state index is 13.6. The number of aromatic nitrogens is 1. The van der Waals surface area contributed by atoms with E-state index < -0.39 is 40.4 Å². The van der Waals surface area contributed by atoms with Gasteiger partial charge in [0.05, 0.1) is 19.0 Å². The van der Waals surface area contributed by atoms with Crippen molar-refractivity contribution in [2.75, 3.05) is 5.32 Å². The van der Waals surface area contributed by atoms with Crippen LogP contribution in [0.5, 0.6) is 17.2 Å². The molecule has 0 fully saturated rings. The molecule has 1 heterocycles. The number of aromatic hydroxyl groups is 1. The van der Waals surface area contributed by atoms with Crippen LogP contribution >= 0.6 is 11.6 Å². The maximum absolute atomic E-state index is 13.6. The molecule has 0 spiro atoms. The van der Waals surface area contributed by atoms with Crippen molar-refractivity contribution in [1.29, 1.82) is 0 Å². The Bertz CT molecular complexity index is 1630. The minimum atomic E-state index is -0.854. The van der Waals surface area contributed by atoms with Gasteiger partial charge in [0.25, 0.3) is 5.56 Å². The molecule has 0 aliphatic carbocycles. The Balaban J connectivity index is 1.95. The van der Waals surface area contributed by atoms with Crippen molar-refractivity contribution in [2.45, 2.75) is 105 Å². The monoisotopic (exact) mass is 655 g/mol. The van der Waals surface area contributed by atoms with Crippen LogP contribution in [0.4, 0.5) is 10.5 Å². The van der Waals surface area contributed by atoms with E-state index in [1.165, 1.54) is 10.8 Å². The number of nitrogens with one attached hydrogen (secondary N) is 2. The van der Waals surface area contributed by atoms with Crippen LogP contribution in [0.2, 0.25) is 5.02 Å². The molecule has 0 unspecified atom stereocenters. The number of hydrogen-bond donors (Lipinski definition) is 3. The molecule has 1 aromatic heterocycles. The van der Waals surface area contributed by atoms with Gasteiger partial charge in [-0.05, 0) is 99.1 Å². The standard InChI is InChI=1S/C35H46ClN3O7/c1-21-19-39(20-24-25(36)15-12-16-27(24)45-34(5,6)7)31(42)29(30(21)41)38-32(43)37-26(18-28(40)46-35(8,9)10)22-13-11-14-23(17-22)44-33(2,3)4/h11-17,19,26,41H,18,20H2,1-10H3,(H2,37,38,43)/t26-/m0/s1. The van der Waals surface area contributed by atoms with Crippen molar-refractivity contribution in [2.24, 2.45) is 0 Å². The smallest absolute Gasteiger partial charge is 0.319 e. The molecule has 3 rings (SSSR count). The predicted molar refractivity (Wildman–Crippen MR) is 180 cm³/mol. The third kappa shape index (κ3) is 10.7. The van der Waals surface area contributed by atoms with Crippen LogP contribution in [0.3, 0.4) is 0 Å². The fourth-order valence-electron chi connectivity index (χ4n) is 4.57. The highest BCUT2D eigenvalue weighted by Crippen LogP contribution is 2.31. The van der Waals surface area contributed by atoms with Gasteiger partial charge in [0.1, 0.15) is 34.1 Å². The second kappa shape index (κ2) is 14.1. The van der Waals surface area contributed by atoms with Crippen LogP contribution in [0.25, 0.3) is 0 Å². The zero-order valence-corrected chi connectivity index (χ0v) is 29.1. The highest BCUT2D eigenvalue weighted by molar-refractivity contribution is 6.31. The maximum Gasteiger partial charge on any atom is 0.319 e. The Morgan fingerprint density at radius 3 is 2.17 bits per heavy atom. The summed E-state index contributed by atoms with van der Waals surface area (Å²) in [4.78, 5) is 39.9. The number of carbonyl (C=O) groups excluding carboxylic acids is 2. The number of pyridine rings is 1. The van der Waals surface area contributed by atoms with E-state index in [1.807, 2.05) is 41.5 Å². The van der Waals surface area contributed by atoms with E-state index in [0.717, 1.165) is 0 Å². The van der Waals surface area contributed by atoms with Gasteiger partial charge in [-0.3, -0.25) is 9.59 Å². The normalized spacial score (nSPS) is 12.7. The lowest BCUT2D eigenvalue weighted by atomic mass is 10.0. The fourth-order valence-corrected chi connectivity index (χ4v) is 4.80. The Morgan fingerprint density at radius 2 is 1.57 bits per heavy atom. The molecule has 0 aliphatic rings. The van der Waals surface area contributed by atoms with E-state index in [2.05, 4.69) is 10.6 Å². The average Bonchev–Trinajstić information content (AvgIpc) is 2.88. The highest BCUT2D eigenvalue weighted by atomic mass is 35.5. The quantitative estimate of drug-likeness (QED) is 0.204. The number of carbonyl (C=O) groups is 2. The first kappa shape index (κ1) is 36.3. The Labute approximate surface area is 276 Å².